The number of carbonyl (C=O) groups is 2. The Labute approximate surface area is 198 Å². The number of aryl methyl sites for hydroxylation is 1. The Morgan fingerprint density at radius 1 is 1.00 bits per heavy atom. The summed E-state index contributed by atoms with van der Waals surface area (Å²) in [4.78, 5) is 31.2. The zero-order valence-electron chi connectivity index (χ0n) is 17.7. The number of hydrogen-bond donors (Lipinski definition) is 0. The molecule has 0 amide bonds. The van der Waals surface area contributed by atoms with Crippen molar-refractivity contribution in [2.75, 3.05) is 0 Å². The molecule has 1 aliphatic rings. The molecule has 0 radical (unpaired) electrons. The maximum Gasteiger partial charge on any atom is 0.425 e. The molecule has 0 spiro atoms. The molecule has 1 unspecified atom stereocenters. The summed E-state index contributed by atoms with van der Waals surface area (Å²) >= 11 is 5.99. The van der Waals surface area contributed by atoms with E-state index in [1.807, 2.05) is 48.5 Å². The predicted octanol–water partition coefficient (Wildman–Crippen LogP) is 3.02. The maximum atomic E-state index is 11.7. The highest BCUT2D eigenvalue weighted by Gasteiger charge is 2.29. The molecule has 10 nitrogen and oxygen atoms in total. The van der Waals surface area contributed by atoms with Gasteiger partial charge in [-0.1, -0.05) is 23.7 Å². The van der Waals surface area contributed by atoms with Crippen molar-refractivity contribution in [1.82, 2.24) is 24.3 Å². The number of fused-ring (bicyclic) bond motifs is 2. The van der Waals surface area contributed by atoms with Crippen LogP contribution >= 0.6 is 11.6 Å². The number of benzene rings is 2. The monoisotopic (exact) mass is 479 g/mol. The average molecular weight is 480 g/mol. The van der Waals surface area contributed by atoms with Gasteiger partial charge in [-0.3, -0.25) is 4.57 Å². The number of carbonyl (C=O) groups excluding carboxylic acids is 2. The van der Waals surface area contributed by atoms with Crippen LogP contribution < -0.4 is 14.2 Å². The van der Waals surface area contributed by atoms with Gasteiger partial charge in [0.1, 0.15) is 24.5 Å². The highest BCUT2D eigenvalue weighted by Crippen LogP contribution is 2.24. The van der Waals surface area contributed by atoms with Crippen molar-refractivity contribution < 1.29 is 23.8 Å². The van der Waals surface area contributed by atoms with Crippen LogP contribution in [0.3, 0.4) is 0 Å². The zero-order valence-corrected chi connectivity index (χ0v) is 18.5. The number of hydrogen-bond acceptors (Lipinski definition) is 8. The van der Waals surface area contributed by atoms with E-state index in [-0.39, 0.29) is 18.0 Å². The van der Waals surface area contributed by atoms with Gasteiger partial charge in [0.2, 0.25) is 5.88 Å². The third-order valence-corrected chi connectivity index (χ3v) is 5.41. The largest absolute Gasteiger partial charge is 0.489 e. The Kier molecular flexibility index (Phi) is 5.96. The van der Waals surface area contributed by atoms with Gasteiger partial charge in [0.15, 0.2) is 0 Å². The smallest absolute Gasteiger partial charge is 0.425 e. The van der Waals surface area contributed by atoms with Gasteiger partial charge in [-0.25, -0.2) is 19.3 Å². The summed E-state index contributed by atoms with van der Waals surface area (Å²) in [6.45, 7) is 0.311. The van der Waals surface area contributed by atoms with E-state index in [1.54, 1.807) is 15.6 Å². The molecule has 0 fully saturated rings. The molecule has 11 heteroatoms. The van der Waals surface area contributed by atoms with Crippen LogP contribution in [0, 0.1) is 0 Å². The van der Waals surface area contributed by atoms with Gasteiger partial charge in [0.25, 0.3) is 0 Å². The van der Waals surface area contributed by atoms with Gasteiger partial charge in [-0.2, -0.15) is 10.1 Å². The molecule has 0 saturated carbocycles. The standard InChI is InChI=1S/C23H18ClN5O5/c24-16-4-1-15(2-5-16)3-8-19(11-28-12-20-27-23(28)34-22(31)21(30)33-20)32-18-9-6-17(7-10-18)29-14-25-13-26-29/h1-2,4-7,9-10,12-14,19H,3,8,11H2. The third kappa shape index (κ3) is 4.91. The fraction of sp³-hybridized carbons (Fsp3) is 0.174. The molecule has 5 rings (SSSR count). The molecule has 1 aliphatic heterocycles. The first kappa shape index (κ1) is 21.7. The van der Waals surface area contributed by atoms with Crippen LogP contribution in [0.15, 0.2) is 67.4 Å². The summed E-state index contributed by atoms with van der Waals surface area (Å²) in [5.41, 5.74) is 1.95. The molecule has 3 heterocycles. The minimum atomic E-state index is -1.12. The lowest BCUT2D eigenvalue weighted by atomic mass is 10.1. The van der Waals surface area contributed by atoms with Crippen LogP contribution in [0.2, 0.25) is 5.02 Å². The van der Waals surface area contributed by atoms with Gasteiger partial charge in [0, 0.05) is 5.02 Å². The number of nitrogens with zero attached hydrogens (tertiary/aromatic N) is 5. The molecule has 0 aliphatic carbocycles. The fourth-order valence-electron chi connectivity index (χ4n) is 3.50. The summed E-state index contributed by atoms with van der Waals surface area (Å²) < 4.78 is 19.4. The van der Waals surface area contributed by atoms with Crippen LogP contribution in [0.1, 0.15) is 12.0 Å². The fourth-order valence-corrected chi connectivity index (χ4v) is 3.62. The second kappa shape index (κ2) is 9.36. The van der Waals surface area contributed by atoms with Gasteiger partial charge in [0.05, 0.1) is 18.4 Å². The number of esters is 2. The van der Waals surface area contributed by atoms with Crippen LogP contribution in [-0.4, -0.2) is 42.4 Å². The van der Waals surface area contributed by atoms with E-state index in [9.17, 15) is 9.59 Å². The van der Waals surface area contributed by atoms with Crippen molar-refractivity contribution in [1.29, 1.82) is 0 Å². The Morgan fingerprint density at radius 3 is 2.50 bits per heavy atom. The summed E-state index contributed by atoms with van der Waals surface area (Å²) in [5, 5.41) is 4.79. The van der Waals surface area contributed by atoms with E-state index >= 15 is 0 Å². The number of halogens is 1. The molecule has 0 N–H and O–H groups in total. The molecule has 34 heavy (non-hydrogen) atoms. The predicted molar refractivity (Wildman–Crippen MR) is 119 cm³/mol. The van der Waals surface area contributed by atoms with E-state index in [1.165, 1.54) is 12.5 Å². The van der Waals surface area contributed by atoms with E-state index in [2.05, 4.69) is 15.1 Å². The van der Waals surface area contributed by atoms with Gasteiger partial charge in [-0.15, -0.1) is 0 Å². The summed E-state index contributed by atoms with van der Waals surface area (Å²) in [6.07, 6.45) is 5.64. The summed E-state index contributed by atoms with van der Waals surface area (Å²) in [6, 6.07) is 15.0. The third-order valence-electron chi connectivity index (χ3n) is 5.16. The van der Waals surface area contributed by atoms with Crippen LogP contribution in [0.25, 0.3) is 5.69 Å². The Bertz CT molecular complexity index is 1300. The van der Waals surface area contributed by atoms with Crippen molar-refractivity contribution in [2.45, 2.75) is 25.5 Å². The normalized spacial score (nSPS) is 13.7. The van der Waals surface area contributed by atoms with E-state index in [0.29, 0.717) is 23.7 Å². The number of imidazole rings is 1. The van der Waals surface area contributed by atoms with Crippen LogP contribution in [0.4, 0.5) is 0 Å². The molecule has 0 saturated heterocycles. The molecule has 172 valence electrons. The Hall–Kier alpha value is -4.18. The first-order valence-corrected chi connectivity index (χ1v) is 10.8. The second-order valence-electron chi connectivity index (χ2n) is 7.53. The van der Waals surface area contributed by atoms with E-state index in [4.69, 9.17) is 25.8 Å². The maximum absolute atomic E-state index is 11.7. The van der Waals surface area contributed by atoms with Crippen molar-refractivity contribution in [3.63, 3.8) is 0 Å². The quantitative estimate of drug-likeness (QED) is 0.280. The van der Waals surface area contributed by atoms with Crippen LogP contribution in [-0.2, 0) is 22.6 Å². The molecule has 1 atom stereocenters. The highest BCUT2D eigenvalue weighted by atomic mass is 35.5. The SMILES string of the molecule is O=C1Oc2cn(CC(CCc3ccc(Cl)cc3)Oc3ccc(-n4cncn4)cc3)c(n2)OC1=O. The first-order chi connectivity index (χ1) is 16.5. The Balaban J connectivity index is 1.34. The van der Waals surface area contributed by atoms with Crippen molar-refractivity contribution >= 4 is 23.5 Å². The lowest BCUT2D eigenvalue weighted by Crippen LogP contribution is -2.28. The topological polar surface area (TPSA) is 110 Å². The summed E-state index contributed by atoms with van der Waals surface area (Å²) in [5.74, 6) is -1.57. The van der Waals surface area contributed by atoms with Crippen molar-refractivity contribution in [2.24, 2.45) is 0 Å². The minimum Gasteiger partial charge on any atom is -0.489 e. The average Bonchev–Trinajstić information content (AvgIpc) is 3.46. The zero-order chi connectivity index (χ0) is 23.5. The van der Waals surface area contributed by atoms with E-state index < -0.39 is 11.9 Å². The number of aromatic nitrogens is 5. The van der Waals surface area contributed by atoms with Crippen LogP contribution in [0.5, 0.6) is 17.6 Å². The van der Waals surface area contributed by atoms with E-state index in [0.717, 1.165) is 17.7 Å². The van der Waals surface area contributed by atoms with Crippen molar-refractivity contribution in [3.05, 3.63) is 78.0 Å². The molecule has 2 aromatic heterocycles. The van der Waals surface area contributed by atoms with Gasteiger partial charge >= 0.3 is 17.9 Å². The lowest BCUT2D eigenvalue weighted by molar-refractivity contribution is -0.156. The second-order valence-corrected chi connectivity index (χ2v) is 7.97. The minimum absolute atomic E-state index is 0.000476. The number of ether oxygens (including phenoxy) is 3. The molecule has 2 bridgehead atoms. The summed E-state index contributed by atoms with van der Waals surface area (Å²) in [7, 11) is 0. The Morgan fingerprint density at radius 2 is 1.76 bits per heavy atom. The highest BCUT2D eigenvalue weighted by molar-refractivity contribution is 6.31. The lowest BCUT2D eigenvalue weighted by Gasteiger charge is -2.21. The van der Waals surface area contributed by atoms with Gasteiger partial charge in [-0.05, 0) is 54.8 Å². The molecular formula is C23H18ClN5O5. The number of rotatable bonds is 8. The first-order valence-electron chi connectivity index (χ1n) is 10.4. The molecule has 2 aromatic carbocycles. The molecular weight excluding hydrogens is 462 g/mol. The van der Waals surface area contributed by atoms with Gasteiger partial charge < -0.3 is 14.2 Å². The van der Waals surface area contributed by atoms with Crippen molar-refractivity contribution in [3.8, 4) is 23.3 Å². The molecule has 4 aromatic rings.